The van der Waals surface area contributed by atoms with Crippen molar-refractivity contribution in [2.24, 2.45) is 0 Å². The molecule has 0 saturated carbocycles. The summed E-state index contributed by atoms with van der Waals surface area (Å²) in [6, 6.07) is 0. The molecule has 0 aliphatic heterocycles. The van der Waals surface area contributed by atoms with Crippen LogP contribution in [0.2, 0.25) is 0 Å². The fourth-order valence-corrected chi connectivity index (χ4v) is 6.33. The molecule has 0 fully saturated rings. The minimum Gasteiger partial charge on any atom is -0.234 e. The van der Waals surface area contributed by atoms with Crippen LogP contribution in [-0.2, 0) is 19.5 Å². The summed E-state index contributed by atoms with van der Waals surface area (Å²) >= 11 is 0. The fraction of sp³-hybridized carbons (Fsp3) is 0.921. The van der Waals surface area contributed by atoms with Gasteiger partial charge < -0.3 is 0 Å². The molecule has 0 aromatic carbocycles. The molecule has 2 nitrogen and oxygen atoms in total. The SMILES string of the molecule is CCCCCCCCCCCCCCCc1n(CCCCCCCCCCCCCCC)cc[n+]1CCCCC. The van der Waals surface area contributed by atoms with E-state index in [1.165, 1.54) is 206 Å². The van der Waals surface area contributed by atoms with Crippen LogP contribution in [0.15, 0.2) is 12.4 Å². The molecule has 1 heterocycles. The molecule has 0 saturated heterocycles. The fourth-order valence-electron chi connectivity index (χ4n) is 6.33. The highest BCUT2D eigenvalue weighted by Crippen LogP contribution is 2.15. The van der Waals surface area contributed by atoms with Crippen molar-refractivity contribution < 1.29 is 4.57 Å². The molecule has 2 heteroatoms. The largest absolute Gasteiger partial charge is 0.256 e. The monoisotopic (exact) mass is 560 g/mol. The normalized spacial score (nSPS) is 11.6. The Kier molecular flexibility index (Phi) is 27.6. The second-order valence-corrected chi connectivity index (χ2v) is 13.0. The molecule has 0 radical (unpaired) electrons. The summed E-state index contributed by atoms with van der Waals surface area (Å²) in [5, 5.41) is 0. The van der Waals surface area contributed by atoms with Crippen molar-refractivity contribution in [2.75, 3.05) is 0 Å². The summed E-state index contributed by atoms with van der Waals surface area (Å²) in [6.45, 7) is 9.38. The van der Waals surface area contributed by atoms with Crippen LogP contribution in [-0.4, -0.2) is 4.57 Å². The van der Waals surface area contributed by atoms with E-state index in [2.05, 4.69) is 42.3 Å². The highest BCUT2D eigenvalue weighted by atomic mass is 15.1. The maximum Gasteiger partial charge on any atom is 0.256 e. The second kappa shape index (κ2) is 29.7. The Labute approximate surface area is 253 Å². The highest BCUT2D eigenvalue weighted by molar-refractivity contribution is 4.84. The number of hydrogen-bond donors (Lipinski definition) is 0. The number of aromatic nitrogens is 2. The molecule has 0 amide bonds. The van der Waals surface area contributed by atoms with Gasteiger partial charge in [0.1, 0.15) is 12.4 Å². The zero-order valence-electron chi connectivity index (χ0n) is 28.2. The molecule has 0 spiro atoms. The summed E-state index contributed by atoms with van der Waals surface area (Å²) < 4.78 is 5.21. The number of unbranched alkanes of at least 4 members (excludes halogenated alkanes) is 26. The molecule has 236 valence electrons. The molecule has 0 unspecified atom stereocenters. The van der Waals surface area contributed by atoms with Crippen molar-refractivity contribution >= 4 is 0 Å². The van der Waals surface area contributed by atoms with E-state index >= 15 is 0 Å². The van der Waals surface area contributed by atoms with Gasteiger partial charge in [0.05, 0.1) is 13.1 Å². The van der Waals surface area contributed by atoms with Gasteiger partial charge in [0.25, 0.3) is 5.82 Å². The van der Waals surface area contributed by atoms with E-state index in [0.717, 1.165) is 0 Å². The van der Waals surface area contributed by atoms with Crippen LogP contribution in [0, 0.1) is 0 Å². The first-order chi connectivity index (χ1) is 19.8. The summed E-state index contributed by atoms with van der Waals surface area (Å²) in [5.74, 6) is 1.61. The number of nitrogens with zero attached hydrogens (tertiary/aromatic N) is 2. The maximum absolute atomic E-state index is 2.62. The number of hydrogen-bond acceptors (Lipinski definition) is 0. The van der Waals surface area contributed by atoms with Crippen molar-refractivity contribution in [3.63, 3.8) is 0 Å². The van der Waals surface area contributed by atoms with E-state index in [4.69, 9.17) is 0 Å². The van der Waals surface area contributed by atoms with Crippen LogP contribution < -0.4 is 4.57 Å². The van der Waals surface area contributed by atoms with Crippen LogP contribution in [0.25, 0.3) is 0 Å². The summed E-state index contributed by atoms with van der Waals surface area (Å²) in [6.07, 6.45) is 47.5. The van der Waals surface area contributed by atoms with Crippen molar-refractivity contribution in [1.82, 2.24) is 4.57 Å². The van der Waals surface area contributed by atoms with Crippen molar-refractivity contribution in [1.29, 1.82) is 0 Å². The molecule has 1 aromatic rings. The third kappa shape index (κ3) is 21.9. The molecule has 0 bridgehead atoms. The third-order valence-electron chi connectivity index (χ3n) is 9.10. The molecule has 0 aliphatic carbocycles. The van der Waals surface area contributed by atoms with Gasteiger partial charge in [0.15, 0.2) is 0 Å². The van der Waals surface area contributed by atoms with E-state index in [0.29, 0.717) is 0 Å². The predicted octanol–water partition coefficient (Wildman–Crippen LogP) is 12.7. The van der Waals surface area contributed by atoms with Crippen LogP contribution in [0.5, 0.6) is 0 Å². The van der Waals surface area contributed by atoms with Gasteiger partial charge in [-0.2, -0.15) is 0 Å². The third-order valence-corrected chi connectivity index (χ3v) is 9.10. The smallest absolute Gasteiger partial charge is 0.234 e. The number of imidazole rings is 1. The van der Waals surface area contributed by atoms with Gasteiger partial charge in [-0.1, -0.05) is 175 Å². The van der Waals surface area contributed by atoms with Crippen LogP contribution in [0.4, 0.5) is 0 Å². The Morgan fingerprint density at radius 1 is 0.425 bits per heavy atom. The standard InChI is InChI=1S/C38H75N2/c1-4-7-10-12-14-16-18-20-22-24-26-28-30-33-38-39(34-31-9-6-3)36-37-40(38)35-32-29-27-25-23-21-19-17-15-13-11-8-5-2/h36-37H,4-35H2,1-3H3/q+1. The van der Waals surface area contributed by atoms with E-state index in [1.54, 1.807) is 5.82 Å². The topological polar surface area (TPSA) is 8.81 Å². The van der Waals surface area contributed by atoms with E-state index < -0.39 is 0 Å². The first kappa shape index (κ1) is 37.2. The van der Waals surface area contributed by atoms with Gasteiger partial charge in [0.2, 0.25) is 0 Å². The summed E-state index contributed by atoms with van der Waals surface area (Å²) in [7, 11) is 0. The molecule has 1 rings (SSSR count). The van der Waals surface area contributed by atoms with Gasteiger partial charge in [-0.3, -0.25) is 0 Å². The van der Waals surface area contributed by atoms with Crippen LogP contribution in [0.1, 0.15) is 213 Å². The number of rotatable bonds is 32. The average Bonchev–Trinajstić information content (AvgIpc) is 3.35. The zero-order chi connectivity index (χ0) is 28.8. The Morgan fingerprint density at radius 3 is 1.20 bits per heavy atom. The molecular formula is C38H75N2+. The molecule has 40 heavy (non-hydrogen) atoms. The van der Waals surface area contributed by atoms with Gasteiger partial charge in [-0.15, -0.1) is 0 Å². The average molecular weight is 560 g/mol. The van der Waals surface area contributed by atoms with Gasteiger partial charge in [0, 0.05) is 6.42 Å². The molecule has 0 N–H and O–H groups in total. The Bertz CT molecular complexity index is 619. The molecule has 1 aromatic heterocycles. The predicted molar refractivity (Wildman–Crippen MR) is 179 cm³/mol. The van der Waals surface area contributed by atoms with E-state index in [9.17, 15) is 0 Å². The van der Waals surface area contributed by atoms with Crippen LogP contribution in [0.3, 0.4) is 0 Å². The maximum atomic E-state index is 2.62. The first-order valence-corrected chi connectivity index (χ1v) is 18.9. The quantitative estimate of drug-likeness (QED) is 0.0613. The van der Waals surface area contributed by atoms with E-state index in [1.807, 2.05) is 0 Å². The Morgan fingerprint density at radius 2 is 0.775 bits per heavy atom. The van der Waals surface area contributed by atoms with Crippen molar-refractivity contribution in [3.8, 4) is 0 Å². The van der Waals surface area contributed by atoms with Crippen molar-refractivity contribution in [3.05, 3.63) is 18.2 Å². The molecule has 0 atom stereocenters. The lowest BCUT2D eigenvalue weighted by Gasteiger charge is -2.07. The Hall–Kier alpha value is -0.790. The van der Waals surface area contributed by atoms with Gasteiger partial charge in [-0.25, -0.2) is 9.13 Å². The first-order valence-electron chi connectivity index (χ1n) is 18.9. The molecule has 0 aliphatic rings. The minimum absolute atomic E-state index is 1.22. The lowest BCUT2D eigenvalue weighted by Crippen LogP contribution is -2.37. The zero-order valence-corrected chi connectivity index (χ0v) is 28.2. The molecular weight excluding hydrogens is 484 g/mol. The lowest BCUT2D eigenvalue weighted by molar-refractivity contribution is -0.704. The number of aryl methyl sites for hydroxylation is 2. The highest BCUT2D eigenvalue weighted by Gasteiger charge is 2.16. The van der Waals surface area contributed by atoms with Crippen LogP contribution >= 0.6 is 0 Å². The Balaban J connectivity index is 2.16. The van der Waals surface area contributed by atoms with E-state index in [-0.39, 0.29) is 0 Å². The lowest BCUT2D eigenvalue weighted by atomic mass is 10.0. The van der Waals surface area contributed by atoms with Gasteiger partial charge >= 0.3 is 0 Å². The summed E-state index contributed by atoms with van der Waals surface area (Å²) in [4.78, 5) is 0. The summed E-state index contributed by atoms with van der Waals surface area (Å²) in [5.41, 5.74) is 0. The second-order valence-electron chi connectivity index (χ2n) is 13.0. The minimum atomic E-state index is 1.22. The van der Waals surface area contributed by atoms with Crippen molar-refractivity contribution in [2.45, 2.75) is 226 Å². The van der Waals surface area contributed by atoms with Gasteiger partial charge in [-0.05, 0) is 32.1 Å².